The number of halogens is 1. The highest BCUT2D eigenvalue weighted by atomic mass is 79.9. The van der Waals surface area contributed by atoms with E-state index in [2.05, 4.69) is 30.4 Å². The van der Waals surface area contributed by atoms with Crippen molar-refractivity contribution in [3.63, 3.8) is 0 Å². The Bertz CT molecular complexity index is 450. The van der Waals surface area contributed by atoms with Gasteiger partial charge in [0.25, 0.3) is 5.91 Å². The molecule has 4 nitrogen and oxygen atoms in total. The third-order valence-corrected chi connectivity index (χ3v) is 5.50. The van der Waals surface area contributed by atoms with E-state index in [-0.39, 0.29) is 5.91 Å². The molecule has 3 rings (SSSR count). The number of nitrogens with zero attached hydrogens (tertiary/aromatic N) is 3. The van der Waals surface area contributed by atoms with Crippen LogP contribution in [-0.4, -0.2) is 37.3 Å². The van der Waals surface area contributed by atoms with Crippen LogP contribution in [0.25, 0.3) is 0 Å². The molecule has 0 aromatic carbocycles. The lowest BCUT2D eigenvalue weighted by molar-refractivity contribution is 0.0607. The average Bonchev–Trinajstić information content (AvgIpc) is 2.92. The SMILES string of the molecule is CCc1nnsc1C(=O)N1C2CCC1CC(Br)C2. The highest BCUT2D eigenvalue weighted by molar-refractivity contribution is 9.09. The van der Waals surface area contributed by atoms with Crippen molar-refractivity contribution >= 4 is 33.4 Å². The topological polar surface area (TPSA) is 46.1 Å². The Morgan fingerprint density at radius 2 is 2.11 bits per heavy atom. The summed E-state index contributed by atoms with van der Waals surface area (Å²) < 4.78 is 3.93. The van der Waals surface area contributed by atoms with E-state index in [0.717, 1.165) is 42.7 Å². The zero-order valence-electron chi connectivity index (χ0n) is 10.3. The molecule has 2 saturated heterocycles. The van der Waals surface area contributed by atoms with Gasteiger partial charge in [-0.05, 0) is 43.6 Å². The van der Waals surface area contributed by atoms with Gasteiger partial charge >= 0.3 is 0 Å². The summed E-state index contributed by atoms with van der Waals surface area (Å²) in [5, 5.41) is 4.05. The van der Waals surface area contributed by atoms with E-state index in [4.69, 9.17) is 0 Å². The van der Waals surface area contributed by atoms with E-state index in [9.17, 15) is 4.79 Å². The Balaban J connectivity index is 1.85. The molecule has 6 heteroatoms. The number of amides is 1. The normalized spacial score (nSPS) is 30.8. The predicted octanol–water partition coefficient (Wildman–Crippen LogP) is 2.63. The number of fused-ring (bicyclic) bond motifs is 2. The van der Waals surface area contributed by atoms with Crippen molar-refractivity contribution in [2.45, 2.75) is 55.9 Å². The van der Waals surface area contributed by atoms with Gasteiger partial charge in [-0.3, -0.25) is 4.79 Å². The molecule has 18 heavy (non-hydrogen) atoms. The Kier molecular flexibility index (Phi) is 3.40. The molecular formula is C12H16BrN3OS. The van der Waals surface area contributed by atoms with Crippen molar-refractivity contribution in [1.82, 2.24) is 14.5 Å². The van der Waals surface area contributed by atoms with Gasteiger partial charge in [0.2, 0.25) is 0 Å². The third kappa shape index (κ3) is 1.99. The van der Waals surface area contributed by atoms with Gasteiger partial charge in [0, 0.05) is 16.9 Å². The van der Waals surface area contributed by atoms with Gasteiger partial charge in [0.15, 0.2) is 0 Å². The minimum Gasteiger partial charge on any atom is -0.332 e. The predicted molar refractivity (Wildman–Crippen MR) is 74.2 cm³/mol. The molecule has 1 aromatic rings. The van der Waals surface area contributed by atoms with Gasteiger partial charge in [0.1, 0.15) is 4.88 Å². The molecule has 1 aromatic heterocycles. The number of rotatable bonds is 2. The minimum absolute atomic E-state index is 0.161. The van der Waals surface area contributed by atoms with Crippen molar-refractivity contribution < 1.29 is 4.79 Å². The van der Waals surface area contributed by atoms with E-state index in [1.807, 2.05) is 6.92 Å². The standard InChI is InChI=1S/C12H16BrN3OS/c1-2-10-11(18-15-14-10)12(17)16-8-3-4-9(16)6-7(13)5-8/h7-9H,2-6H2,1H3. The van der Waals surface area contributed by atoms with Crippen molar-refractivity contribution in [1.29, 1.82) is 0 Å². The minimum atomic E-state index is 0.161. The molecule has 2 bridgehead atoms. The van der Waals surface area contributed by atoms with Crippen LogP contribution in [0.15, 0.2) is 0 Å². The number of aromatic nitrogens is 2. The van der Waals surface area contributed by atoms with E-state index in [1.165, 1.54) is 11.5 Å². The molecule has 0 aliphatic carbocycles. The Labute approximate surface area is 119 Å². The highest BCUT2D eigenvalue weighted by Crippen LogP contribution is 2.39. The Morgan fingerprint density at radius 1 is 1.44 bits per heavy atom. The first-order valence-electron chi connectivity index (χ1n) is 6.48. The lowest BCUT2D eigenvalue weighted by Gasteiger charge is -2.36. The van der Waals surface area contributed by atoms with Gasteiger partial charge in [-0.2, -0.15) is 0 Å². The monoisotopic (exact) mass is 329 g/mol. The first kappa shape index (κ1) is 12.5. The quantitative estimate of drug-likeness (QED) is 0.783. The summed E-state index contributed by atoms with van der Waals surface area (Å²) >= 11 is 4.95. The van der Waals surface area contributed by atoms with Crippen LogP contribution in [0, 0.1) is 0 Å². The Morgan fingerprint density at radius 3 is 2.72 bits per heavy atom. The second-order valence-electron chi connectivity index (χ2n) is 5.07. The molecule has 0 spiro atoms. The fourth-order valence-corrected chi connectivity index (χ4v) is 4.72. The first-order chi connectivity index (χ1) is 8.70. The third-order valence-electron chi connectivity index (χ3n) is 3.99. The van der Waals surface area contributed by atoms with Crippen molar-refractivity contribution in [3.8, 4) is 0 Å². The van der Waals surface area contributed by atoms with Crippen LogP contribution in [0.2, 0.25) is 0 Å². The van der Waals surface area contributed by atoms with Crippen molar-refractivity contribution in [2.24, 2.45) is 0 Å². The van der Waals surface area contributed by atoms with Gasteiger partial charge in [-0.25, -0.2) is 0 Å². The average molecular weight is 330 g/mol. The molecule has 0 radical (unpaired) electrons. The second-order valence-corrected chi connectivity index (χ2v) is 7.12. The van der Waals surface area contributed by atoms with Gasteiger partial charge in [-0.15, -0.1) is 5.10 Å². The molecule has 0 N–H and O–H groups in total. The maximum Gasteiger partial charge on any atom is 0.268 e. The van der Waals surface area contributed by atoms with E-state index >= 15 is 0 Å². The molecule has 3 heterocycles. The molecule has 2 unspecified atom stereocenters. The second kappa shape index (κ2) is 4.89. The van der Waals surface area contributed by atoms with Crippen molar-refractivity contribution in [3.05, 3.63) is 10.6 Å². The fraction of sp³-hybridized carbons (Fsp3) is 0.750. The maximum atomic E-state index is 12.6. The first-order valence-corrected chi connectivity index (χ1v) is 8.17. The summed E-state index contributed by atoms with van der Waals surface area (Å²) in [7, 11) is 0. The van der Waals surface area contributed by atoms with Crippen molar-refractivity contribution in [2.75, 3.05) is 0 Å². The number of alkyl halides is 1. The molecule has 98 valence electrons. The van der Waals surface area contributed by atoms with Crippen LogP contribution in [0.1, 0.15) is 48.0 Å². The van der Waals surface area contributed by atoms with Crippen LogP contribution in [0.5, 0.6) is 0 Å². The molecule has 2 aliphatic rings. The molecular weight excluding hydrogens is 314 g/mol. The van der Waals surface area contributed by atoms with Crippen LogP contribution in [0.4, 0.5) is 0 Å². The zero-order chi connectivity index (χ0) is 12.7. The maximum absolute atomic E-state index is 12.6. The number of piperidine rings is 1. The number of hydrogen-bond donors (Lipinski definition) is 0. The van der Waals surface area contributed by atoms with Crippen LogP contribution in [0.3, 0.4) is 0 Å². The lowest BCUT2D eigenvalue weighted by Crippen LogP contribution is -2.46. The summed E-state index contributed by atoms with van der Waals surface area (Å²) in [6.07, 6.45) is 5.23. The van der Waals surface area contributed by atoms with Gasteiger partial charge in [-0.1, -0.05) is 27.3 Å². The van der Waals surface area contributed by atoms with Crippen LogP contribution in [-0.2, 0) is 6.42 Å². The van der Waals surface area contributed by atoms with Crippen LogP contribution >= 0.6 is 27.5 Å². The summed E-state index contributed by atoms with van der Waals surface area (Å²) in [5.74, 6) is 0.161. The molecule has 2 atom stereocenters. The van der Waals surface area contributed by atoms with Crippen LogP contribution < -0.4 is 0 Å². The zero-order valence-corrected chi connectivity index (χ0v) is 12.7. The Hall–Kier alpha value is -0.490. The number of hydrogen-bond acceptors (Lipinski definition) is 4. The smallest absolute Gasteiger partial charge is 0.268 e. The number of carbonyl (C=O) groups is 1. The molecule has 0 saturated carbocycles. The summed E-state index contributed by atoms with van der Waals surface area (Å²) in [5.41, 5.74) is 0.852. The van der Waals surface area contributed by atoms with Gasteiger partial charge < -0.3 is 4.90 Å². The largest absolute Gasteiger partial charge is 0.332 e. The number of carbonyl (C=O) groups excluding carboxylic acids is 1. The summed E-state index contributed by atoms with van der Waals surface area (Å²) in [4.78, 5) is 16.1. The number of aryl methyl sites for hydroxylation is 1. The lowest BCUT2D eigenvalue weighted by atomic mass is 10.0. The van der Waals surface area contributed by atoms with E-state index in [1.54, 1.807) is 0 Å². The molecule has 2 aliphatic heterocycles. The van der Waals surface area contributed by atoms with E-state index < -0.39 is 0 Å². The summed E-state index contributed by atoms with van der Waals surface area (Å²) in [6, 6.07) is 0.819. The van der Waals surface area contributed by atoms with Gasteiger partial charge in [0.05, 0.1) is 5.69 Å². The molecule has 1 amide bonds. The molecule has 2 fully saturated rings. The summed E-state index contributed by atoms with van der Waals surface area (Å²) in [6.45, 7) is 2.02. The fourth-order valence-electron chi connectivity index (χ4n) is 3.16. The van der Waals surface area contributed by atoms with E-state index in [0.29, 0.717) is 16.9 Å². The highest BCUT2D eigenvalue weighted by Gasteiger charge is 2.43.